The van der Waals surface area contributed by atoms with Gasteiger partial charge in [-0.15, -0.1) is 0 Å². The molecule has 0 aromatic heterocycles. The summed E-state index contributed by atoms with van der Waals surface area (Å²) in [4.78, 5) is 2.61. The van der Waals surface area contributed by atoms with E-state index in [1.54, 1.807) is 0 Å². The maximum absolute atomic E-state index is 5.70. The van der Waals surface area contributed by atoms with Crippen LogP contribution in [0.1, 0.15) is 25.7 Å². The standard InChI is InChI=1S/C12H22N2O/c1-2-11(15-7-1)8-14-6-5-13-12(9-14)10-3-4-10/h10-13H,1-9H2. The van der Waals surface area contributed by atoms with Crippen LogP contribution in [0.25, 0.3) is 0 Å². The molecule has 3 fully saturated rings. The molecule has 86 valence electrons. The minimum atomic E-state index is 0.531. The Balaban J connectivity index is 1.47. The van der Waals surface area contributed by atoms with Crippen LogP contribution in [0.5, 0.6) is 0 Å². The molecule has 2 atom stereocenters. The first-order valence-electron chi connectivity index (χ1n) is 6.49. The maximum Gasteiger partial charge on any atom is 0.0702 e. The summed E-state index contributed by atoms with van der Waals surface area (Å²) < 4.78 is 5.70. The zero-order chi connectivity index (χ0) is 10.1. The second-order valence-corrected chi connectivity index (χ2v) is 5.29. The van der Waals surface area contributed by atoms with Gasteiger partial charge in [-0.05, 0) is 31.6 Å². The minimum Gasteiger partial charge on any atom is -0.377 e. The lowest BCUT2D eigenvalue weighted by Gasteiger charge is -2.35. The van der Waals surface area contributed by atoms with Crippen molar-refractivity contribution in [2.75, 3.05) is 32.8 Å². The Labute approximate surface area is 92.2 Å². The average Bonchev–Trinajstić information content (AvgIpc) is 3.00. The topological polar surface area (TPSA) is 24.5 Å². The predicted octanol–water partition coefficient (Wildman–Crippen LogP) is 0.849. The molecule has 3 rings (SSSR count). The van der Waals surface area contributed by atoms with Gasteiger partial charge in [-0.2, -0.15) is 0 Å². The molecular weight excluding hydrogens is 188 g/mol. The number of nitrogens with one attached hydrogen (secondary N) is 1. The van der Waals surface area contributed by atoms with E-state index in [-0.39, 0.29) is 0 Å². The van der Waals surface area contributed by atoms with Crippen molar-refractivity contribution in [3.8, 4) is 0 Å². The number of hydrogen-bond donors (Lipinski definition) is 1. The lowest BCUT2D eigenvalue weighted by Crippen LogP contribution is -2.53. The van der Waals surface area contributed by atoms with Gasteiger partial charge >= 0.3 is 0 Å². The van der Waals surface area contributed by atoms with Crippen LogP contribution < -0.4 is 5.32 Å². The van der Waals surface area contributed by atoms with Crippen molar-refractivity contribution in [3.05, 3.63) is 0 Å². The van der Waals surface area contributed by atoms with Crippen molar-refractivity contribution in [2.45, 2.75) is 37.8 Å². The second kappa shape index (κ2) is 4.40. The van der Waals surface area contributed by atoms with Crippen molar-refractivity contribution in [1.29, 1.82) is 0 Å². The number of nitrogens with zero attached hydrogens (tertiary/aromatic N) is 1. The zero-order valence-corrected chi connectivity index (χ0v) is 9.45. The summed E-state index contributed by atoms with van der Waals surface area (Å²) in [5.41, 5.74) is 0. The molecule has 0 aromatic carbocycles. The fourth-order valence-electron chi connectivity index (χ4n) is 2.90. The van der Waals surface area contributed by atoms with Crippen molar-refractivity contribution in [2.24, 2.45) is 5.92 Å². The van der Waals surface area contributed by atoms with Gasteiger partial charge in [0.1, 0.15) is 0 Å². The third-order valence-electron chi connectivity index (χ3n) is 3.97. The quantitative estimate of drug-likeness (QED) is 0.747. The fraction of sp³-hybridized carbons (Fsp3) is 1.00. The highest BCUT2D eigenvalue weighted by molar-refractivity contribution is 4.91. The van der Waals surface area contributed by atoms with Gasteiger partial charge in [0.05, 0.1) is 6.10 Å². The van der Waals surface area contributed by atoms with Crippen LogP contribution in [-0.2, 0) is 4.74 Å². The summed E-state index contributed by atoms with van der Waals surface area (Å²) in [5, 5.41) is 3.65. The summed E-state index contributed by atoms with van der Waals surface area (Å²) >= 11 is 0. The van der Waals surface area contributed by atoms with E-state index in [1.165, 1.54) is 51.9 Å². The molecule has 1 aliphatic carbocycles. The number of ether oxygens (including phenoxy) is 1. The van der Waals surface area contributed by atoms with Crippen molar-refractivity contribution in [1.82, 2.24) is 10.2 Å². The van der Waals surface area contributed by atoms with E-state index in [0.29, 0.717) is 6.10 Å². The van der Waals surface area contributed by atoms with Crippen LogP contribution in [-0.4, -0.2) is 49.8 Å². The van der Waals surface area contributed by atoms with Crippen LogP contribution in [0.3, 0.4) is 0 Å². The molecule has 0 bridgehead atoms. The Kier molecular flexibility index (Phi) is 2.95. The predicted molar refractivity (Wildman–Crippen MR) is 59.9 cm³/mol. The second-order valence-electron chi connectivity index (χ2n) is 5.29. The summed E-state index contributed by atoms with van der Waals surface area (Å²) in [6.45, 7) is 5.80. The molecule has 2 saturated heterocycles. The van der Waals surface area contributed by atoms with Crippen LogP contribution in [0.2, 0.25) is 0 Å². The number of hydrogen-bond acceptors (Lipinski definition) is 3. The van der Waals surface area contributed by atoms with Gasteiger partial charge in [-0.1, -0.05) is 0 Å². The highest BCUT2D eigenvalue weighted by Gasteiger charge is 2.34. The summed E-state index contributed by atoms with van der Waals surface area (Å²) in [5.74, 6) is 0.984. The largest absolute Gasteiger partial charge is 0.377 e. The lowest BCUT2D eigenvalue weighted by molar-refractivity contribution is 0.0609. The molecule has 1 saturated carbocycles. The van der Waals surface area contributed by atoms with Crippen LogP contribution >= 0.6 is 0 Å². The molecule has 0 spiro atoms. The molecule has 0 radical (unpaired) electrons. The third-order valence-corrected chi connectivity index (χ3v) is 3.97. The fourth-order valence-corrected chi connectivity index (χ4v) is 2.90. The Morgan fingerprint density at radius 1 is 1.27 bits per heavy atom. The molecule has 3 nitrogen and oxygen atoms in total. The molecule has 0 aromatic rings. The van der Waals surface area contributed by atoms with Gasteiger partial charge in [0.25, 0.3) is 0 Å². The molecule has 2 unspecified atom stereocenters. The average molecular weight is 210 g/mol. The molecule has 2 aliphatic heterocycles. The molecular formula is C12H22N2O. The first kappa shape index (κ1) is 10.1. The lowest BCUT2D eigenvalue weighted by atomic mass is 10.1. The minimum absolute atomic E-state index is 0.531. The Morgan fingerprint density at radius 2 is 2.20 bits per heavy atom. The first-order valence-corrected chi connectivity index (χ1v) is 6.49. The summed E-state index contributed by atoms with van der Waals surface area (Å²) in [6, 6.07) is 0.778. The van der Waals surface area contributed by atoms with E-state index in [2.05, 4.69) is 10.2 Å². The van der Waals surface area contributed by atoms with Gasteiger partial charge in [0.2, 0.25) is 0 Å². The van der Waals surface area contributed by atoms with Gasteiger partial charge < -0.3 is 10.1 Å². The van der Waals surface area contributed by atoms with Gasteiger partial charge in [-0.25, -0.2) is 0 Å². The molecule has 2 heterocycles. The van der Waals surface area contributed by atoms with E-state index >= 15 is 0 Å². The van der Waals surface area contributed by atoms with Crippen molar-refractivity contribution >= 4 is 0 Å². The van der Waals surface area contributed by atoms with Gasteiger partial charge in [0.15, 0.2) is 0 Å². The molecule has 1 N–H and O–H groups in total. The molecule has 3 aliphatic rings. The van der Waals surface area contributed by atoms with Gasteiger partial charge in [0, 0.05) is 38.8 Å². The number of rotatable bonds is 3. The molecule has 15 heavy (non-hydrogen) atoms. The van der Waals surface area contributed by atoms with Crippen LogP contribution in [0.15, 0.2) is 0 Å². The Morgan fingerprint density at radius 3 is 2.93 bits per heavy atom. The number of piperazine rings is 1. The first-order chi connectivity index (χ1) is 7.42. The summed E-state index contributed by atoms with van der Waals surface area (Å²) in [6.07, 6.45) is 5.97. The normalized spacial score (nSPS) is 38.4. The monoisotopic (exact) mass is 210 g/mol. The van der Waals surface area contributed by atoms with E-state index in [1.807, 2.05) is 0 Å². The van der Waals surface area contributed by atoms with Crippen molar-refractivity contribution in [3.63, 3.8) is 0 Å². The highest BCUT2D eigenvalue weighted by atomic mass is 16.5. The Bertz CT molecular complexity index is 210. The highest BCUT2D eigenvalue weighted by Crippen LogP contribution is 2.33. The molecule has 3 heteroatoms. The van der Waals surface area contributed by atoms with Crippen LogP contribution in [0, 0.1) is 5.92 Å². The van der Waals surface area contributed by atoms with Crippen LogP contribution in [0.4, 0.5) is 0 Å². The summed E-state index contributed by atoms with van der Waals surface area (Å²) in [7, 11) is 0. The Hall–Kier alpha value is -0.120. The van der Waals surface area contributed by atoms with E-state index in [9.17, 15) is 0 Å². The van der Waals surface area contributed by atoms with E-state index < -0.39 is 0 Å². The smallest absolute Gasteiger partial charge is 0.0702 e. The third kappa shape index (κ3) is 2.52. The maximum atomic E-state index is 5.70. The SMILES string of the molecule is C1COC(CN2CCNC(C3CC3)C2)C1. The van der Waals surface area contributed by atoms with Gasteiger partial charge in [-0.3, -0.25) is 4.90 Å². The van der Waals surface area contributed by atoms with E-state index in [4.69, 9.17) is 4.74 Å². The molecule has 0 amide bonds. The zero-order valence-electron chi connectivity index (χ0n) is 9.45. The van der Waals surface area contributed by atoms with Crippen molar-refractivity contribution < 1.29 is 4.74 Å². The van der Waals surface area contributed by atoms with E-state index in [0.717, 1.165) is 18.6 Å².